The van der Waals surface area contributed by atoms with Crippen molar-refractivity contribution in [1.29, 1.82) is 10.5 Å². The lowest BCUT2D eigenvalue weighted by Gasteiger charge is -2.15. The molecule has 0 saturated carbocycles. The molecule has 0 atom stereocenters. The molecule has 0 spiro atoms. The molecule has 1 aliphatic heterocycles. The largest absolute Gasteiger partial charge is 0.441 e. The summed E-state index contributed by atoms with van der Waals surface area (Å²) >= 11 is 0. The first-order chi connectivity index (χ1) is 8.26. The van der Waals surface area contributed by atoms with Crippen LogP contribution in [0.15, 0.2) is 53.7 Å². The highest BCUT2D eigenvalue weighted by Gasteiger charge is 2.23. The van der Waals surface area contributed by atoms with Gasteiger partial charge in [0.2, 0.25) is 5.88 Å². The van der Waals surface area contributed by atoms with E-state index in [1.807, 2.05) is 42.5 Å². The van der Waals surface area contributed by atoms with Gasteiger partial charge in [-0.2, -0.15) is 10.5 Å². The number of hydrogen-bond donors (Lipinski definition) is 0. The summed E-state index contributed by atoms with van der Waals surface area (Å²) in [6, 6.07) is 13.1. The zero-order valence-corrected chi connectivity index (χ0v) is 9.21. The number of allylic oxidation sites excluding steroid dienone is 2. The molecule has 1 aliphatic rings. The van der Waals surface area contributed by atoms with E-state index in [2.05, 4.69) is 0 Å². The Kier molecular flexibility index (Phi) is 2.81. The molecule has 0 saturated heterocycles. The monoisotopic (exact) mass is 223 g/mol. The molecule has 0 bridgehead atoms. The molecule has 1 aromatic carbocycles. The molecule has 1 aromatic rings. The van der Waals surface area contributed by atoms with E-state index in [1.54, 1.807) is 18.0 Å². The van der Waals surface area contributed by atoms with Crippen molar-refractivity contribution in [3.63, 3.8) is 0 Å². The van der Waals surface area contributed by atoms with Crippen LogP contribution in [0.1, 0.15) is 6.92 Å². The van der Waals surface area contributed by atoms with Crippen LogP contribution in [0.2, 0.25) is 0 Å². The van der Waals surface area contributed by atoms with Crippen LogP contribution in [0.25, 0.3) is 0 Å². The van der Waals surface area contributed by atoms with Crippen molar-refractivity contribution in [3.05, 3.63) is 53.7 Å². The fourth-order valence-corrected chi connectivity index (χ4v) is 1.54. The zero-order chi connectivity index (χ0) is 12.3. The van der Waals surface area contributed by atoms with Crippen LogP contribution >= 0.6 is 0 Å². The fraction of sp³-hybridized carbons (Fsp3) is 0.0769. The molecule has 17 heavy (non-hydrogen) atoms. The topological polar surface area (TPSA) is 60.0 Å². The van der Waals surface area contributed by atoms with Gasteiger partial charge in [0.15, 0.2) is 5.57 Å². The van der Waals surface area contributed by atoms with Gasteiger partial charge in [0.1, 0.15) is 17.9 Å². The summed E-state index contributed by atoms with van der Waals surface area (Å²) in [5.41, 5.74) is 0.810. The van der Waals surface area contributed by atoms with Gasteiger partial charge < -0.3 is 4.74 Å². The number of rotatable bonds is 1. The van der Waals surface area contributed by atoms with E-state index in [0.29, 0.717) is 5.76 Å². The molecule has 82 valence electrons. The predicted octanol–water partition coefficient (Wildman–Crippen LogP) is 2.64. The minimum absolute atomic E-state index is 0.0399. The van der Waals surface area contributed by atoms with Gasteiger partial charge in [0, 0.05) is 5.69 Å². The molecule has 4 heteroatoms. The Morgan fingerprint density at radius 2 is 1.82 bits per heavy atom. The van der Waals surface area contributed by atoms with Crippen molar-refractivity contribution < 1.29 is 4.74 Å². The maximum absolute atomic E-state index is 8.88. The van der Waals surface area contributed by atoms with Gasteiger partial charge in [-0.3, -0.25) is 4.90 Å². The normalized spacial score (nSPS) is 13.5. The van der Waals surface area contributed by atoms with Gasteiger partial charge in [-0.25, -0.2) is 0 Å². The summed E-state index contributed by atoms with van der Waals surface area (Å²) < 4.78 is 5.39. The van der Waals surface area contributed by atoms with Gasteiger partial charge in [-0.15, -0.1) is 0 Å². The molecule has 0 N–H and O–H groups in total. The minimum atomic E-state index is -0.0399. The lowest BCUT2D eigenvalue weighted by Crippen LogP contribution is -2.13. The number of nitrogens with zero attached hydrogens (tertiary/aromatic N) is 3. The summed E-state index contributed by atoms with van der Waals surface area (Å²) in [6.45, 7) is 1.77. The smallest absolute Gasteiger partial charge is 0.233 e. The van der Waals surface area contributed by atoms with Crippen molar-refractivity contribution in [2.24, 2.45) is 0 Å². The van der Waals surface area contributed by atoms with Crippen molar-refractivity contribution in [2.45, 2.75) is 6.92 Å². The Morgan fingerprint density at radius 3 is 2.41 bits per heavy atom. The summed E-state index contributed by atoms with van der Waals surface area (Å²) in [5, 5.41) is 17.8. The molecule has 0 aromatic heterocycles. The highest BCUT2D eigenvalue weighted by Crippen LogP contribution is 2.29. The van der Waals surface area contributed by atoms with Gasteiger partial charge in [0.05, 0.1) is 6.20 Å². The molecular weight excluding hydrogens is 214 g/mol. The first kappa shape index (κ1) is 10.8. The van der Waals surface area contributed by atoms with Crippen LogP contribution in [0.4, 0.5) is 5.69 Å². The molecule has 0 fully saturated rings. The van der Waals surface area contributed by atoms with E-state index in [0.717, 1.165) is 5.69 Å². The molecule has 0 amide bonds. The Labute approximate surface area is 99.3 Å². The Hall–Kier alpha value is -2.72. The number of para-hydroxylation sites is 1. The third-order valence-electron chi connectivity index (χ3n) is 2.26. The molecular formula is C13H9N3O. The average Bonchev–Trinajstić information content (AvgIpc) is 2.74. The van der Waals surface area contributed by atoms with Crippen LogP contribution in [-0.2, 0) is 4.74 Å². The Balaban J connectivity index is 2.50. The maximum Gasteiger partial charge on any atom is 0.233 e. The van der Waals surface area contributed by atoms with Gasteiger partial charge >= 0.3 is 0 Å². The third-order valence-corrected chi connectivity index (χ3v) is 2.26. The molecule has 0 unspecified atom stereocenters. The lowest BCUT2D eigenvalue weighted by atomic mass is 10.2. The molecule has 1 heterocycles. The quantitative estimate of drug-likeness (QED) is 0.686. The van der Waals surface area contributed by atoms with Crippen LogP contribution in [0.5, 0.6) is 0 Å². The second kappa shape index (κ2) is 4.42. The number of ether oxygens (including phenoxy) is 1. The first-order valence-electron chi connectivity index (χ1n) is 5.01. The lowest BCUT2D eigenvalue weighted by molar-refractivity contribution is 0.323. The standard InChI is InChI=1S/C13H9N3O/c1-10-9-16(12-5-3-2-4-6-12)13(17-10)11(7-14)8-15/h2-6,9H,1H3. The van der Waals surface area contributed by atoms with Crippen molar-refractivity contribution in [1.82, 2.24) is 0 Å². The number of anilines is 1. The van der Waals surface area contributed by atoms with E-state index >= 15 is 0 Å². The van der Waals surface area contributed by atoms with Crippen molar-refractivity contribution >= 4 is 5.69 Å². The Morgan fingerprint density at radius 1 is 1.18 bits per heavy atom. The van der Waals surface area contributed by atoms with Gasteiger partial charge in [-0.05, 0) is 19.1 Å². The van der Waals surface area contributed by atoms with E-state index in [9.17, 15) is 0 Å². The first-order valence-corrected chi connectivity index (χ1v) is 5.01. The van der Waals surface area contributed by atoms with E-state index in [1.165, 1.54) is 0 Å². The summed E-state index contributed by atoms with van der Waals surface area (Å²) in [5.74, 6) is 0.908. The van der Waals surface area contributed by atoms with Crippen LogP contribution in [0.3, 0.4) is 0 Å². The second-order valence-electron chi connectivity index (χ2n) is 3.45. The molecule has 0 aliphatic carbocycles. The van der Waals surface area contributed by atoms with E-state index in [-0.39, 0.29) is 11.5 Å². The van der Waals surface area contributed by atoms with E-state index < -0.39 is 0 Å². The van der Waals surface area contributed by atoms with Gasteiger partial charge in [0.25, 0.3) is 0 Å². The highest BCUT2D eigenvalue weighted by atomic mass is 16.5. The number of nitriles is 2. The average molecular weight is 223 g/mol. The fourth-order valence-electron chi connectivity index (χ4n) is 1.54. The maximum atomic E-state index is 8.88. The highest BCUT2D eigenvalue weighted by molar-refractivity contribution is 5.59. The van der Waals surface area contributed by atoms with Crippen LogP contribution in [0, 0.1) is 22.7 Å². The molecule has 2 rings (SSSR count). The second-order valence-corrected chi connectivity index (χ2v) is 3.45. The van der Waals surface area contributed by atoms with Gasteiger partial charge in [-0.1, -0.05) is 18.2 Å². The van der Waals surface area contributed by atoms with Crippen molar-refractivity contribution in [2.75, 3.05) is 4.90 Å². The molecule has 4 nitrogen and oxygen atoms in total. The summed E-state index contributed by atoms with van der Waals surface area (Å²) in [6.07, 6.45) is 1.75. The number of benzene rings is 1. The Bertz CT molecular complexity index is 557. The van der Waals surface area contributed by atoms with Crippen LogP contribution < -0.4 is 4.90 Å². The van der Waals surface area contributed by atoms with Crippen molar-refractivity contribution in [3.8, 4) is 12.1 Å². The number of hydrogen-bond acceptors (Lipinski definition) is 4. The summed E-state index contributed by atoms with van der Waals surface area (Å²) in [7, 11) is 0. The third kappa shape index (κ3) is 1.97. The minimum Gasteiger partial charge on any atom is -0.441 e. The van der Waals surface area contributed by atoms with E-state index in [4.69, 9.17) is 15.3 Å². The molecule has 0 radical (unpaired) electrons. The zero-order valence-electron chi connectivity index (χ0n) is 9.21. The summed E-state index contributed by atoms with van der Waals surface area (Å²) in [4.78, 5) is 1.69. The SMILES string of the molecule is CC1=CN(c2ccccc2)C(=C(C#N)C#N)O1. The predicted molar refractivity (Wildman–Crippen MR) is 62.0 cm³/mol. The van der Waals surface area contributed by atoms with Crippen LogP contribution in [-0.4, -0.2) is 0 Å².